The molecule has 140 valence electrons. The lowest BCUT2D eigenvalue weighted by atomic mass is 10.3. The molecule has 0 aliphatic carbocycles. The van der Waals surface area contributed by atoms with Gasteiger partial charge in [-0.1, -0.05) is 11.6 Å². The van der Waals surface area contributed by atoms with E-state index < -0.39 is 21.6 Å². The normalized spacial score (nSPS) is 11.3. The molecule has 0 unspecified atom stereocenters. The minimum atomic E-state index is -4.31. The van der Waals surface area contributed by atoms with E-state index in [2.05, 4.69) is 5.32 Å². The molecule has 0 spiro atoms. The molecule has 0 fully saturated rings. The molecule has 0 bridgehead atoms. The summed E-state index contributed by atoms with van der Waals surface area (Å²) >= 11 is 5.76. The van der Waals surface area contributed by atoms with E-state index in [-0.39, 0.29) is 10.8 Å². The lowest BCUT2D eigenvalue weighted by Gasteiger charge is -2.06. The van der Waals surface area contributed by atoms with E-state index in [1.165, 1.54) is 43.3 Å². The van der Waals surface area contributed by atoms with Gasteiger partial charge in [0.25, 0.3) is 10.0 Å². The van der Waals surface area contributed by atoms with Crippen molar-refractivity contribution in [1.82, 2.24) is 8.54 Å². The standard InChI is InChI=1S/C17H14ClN3O5S/c1-11(22)19-13-4-6-14(7-5-13)20-10-16(23)21(17(20)24)27(25,26)15-8-2-12(18)3-9-15/h2-10,23H,1H3,(H,19,22). The van der Waals surface area contributed by atoms with Gasteiger partial charge < -0.3 is 10.4 Å². The Morgan fingerprint density at radius 1 is 1.07 bits per heavy atom. The second kappa shape index (κ2) is 6.93. The Morgan fingerprint density at radius 2 is 1.67 bits per heavy atom. The number of imidazole rings is 1. The van der Waals surface area contributed by atoms with Crippen LogP contribution in [0.1, 0.15) is 6.92 Å². The van der Waals surface area contributed by atoms with E-state index in [4.69, 9.17) is 11.6 Å². The highest BCUT2D eigenvalue weighted by Gasteiger charge is 2.25. The van der Waals surface area contributed by atoms with Crippen molar-refractivity contribution in [2.75, 3.05) is 5.32 Å². The fourth-order valence-electron chi connectivity index (χ4n) is 2.45. The lowest BCUT2D eigenvalue weighted by Crippen LogP contribution is -2.28. The summed E-state index contributed by atoms with van der Waals surface area (Å²) in [5, 5.41) is 13.0. The van der Waals surface area contributed by atoms with Crippen LogP contribution in [-0.2, 0) is 14.8 Å². The Kier molecular flexibility index (Phi) is 4.81. The highest BCUT2D eigenvalue weighted by atomic mass is 35.5. The van der Waals surface area contributed by atoms with Gasteiger partial charge in [0.2, 0.25) is 11.8 Å². The highest BCUT2D eigenvalue weighted by Crippen LogP contribution is 2.21. The molecule has 0 saturated carbocycles. The van der Waals surface area contributed by atoms with Crippen molar-refractivity contribution in [1.29, 1.82) is 0 Å². The van der Waals surface area contributed by atoms with Crippen molar-refractivity contribution in [2.24, 2.45) is 0 Å². The van der Waals surface area contributed by atoms with Crippen LogP contribution in [0.15, 0.2) is 64.4 Å². The molecule has 3 aromatic rings. The Morgan fingerprint density at radius 3 is 2.22 bits per heavy atom. The summed E-state index contributed by atoms with van der Waals surface area (Å²) < 4.78 is 26.7. The predicted octanol–water partition coefficient (Wildman–Crippen LogP) is 2.19. The van der Waals surface area contributed by atoms with Crippen LogP contribution >= 0.6 is 11.6 Å². The summed E-state index contributed by atoms with van der Waals surface area (Å²) in [6, 6.07) is 11.3. The molecule has 0 aliphatic heterocycles. The maximum Gasteiger partial charge on any atom is 0.350 e. The first kappa shape index (κ1) is 18.7. The Balaban J connectivity index is 2.06. The molecule has 2 aromatic carbocycles. The van der Waals surface area contributed by atoms with Crippen LogP contribution in [0.2, 0.25) is 5.02 Å². The molecule has 1 amide bonds. The SMILES string of the molecule is CC(=O)Nc1ccc(-n2cc(O)n(S(=O)(=O)c3ccc(Cl)cc3)c2=O)cc1. The number of nitrogens with zero attached hydrogens (tertiary/aromatic N) is 2. The molecular weight excluding hydrogens is 394 g/mol. The average molecular weight is 408 g/mol. The Labute approximate surface area is 159 Å². The van der Waals surface area contributed by atoms with Crippen LogP contribution in [-0.4, -0.2) is 28.0 Å². The average Bonchev–Trinajstić information content (AvgIpc) is 2.90. The molecule has 1 aromatic heterocycles. The van der Waals surface area contributed by atoms with Crippen LogP contribution in [0.3, 0.4) is 0 Å². The van der Waals surface area contributed by atoms with E-state index in [0.29, 0.717) is 20.4 Å². The van der Waals surface area contributed by atoms with Crippen molar-refractivity contribution >= 4 is 33.2 Å². The van der Waals surface area contributed by atoms with Crippen molar-refractivity contribution in [3.05, 3.63) is 70.2 Å². The highest BCUT2D eigenvalue weighted by molar-refractivity contribution is 7.90. The molecule has 0 atom stereocenters. The van der Waals surface area contributed by atoms with Gasteiger partial charge in [-0.25, -0.2) is 13.2 Å². The number of halogens is 1. The van der Waals surface area contributed by atoms with Gasteiger partial charge in [0.15, 0.2) is 0 Å². The van der Waals surface area contributed by atoms with Gasteiger partial charge >= 0.3 is 5.69 Å². The summed E-state index contributed by atoms with van der Waals surface area (Å²) in [4.78, 5) is 23.5. The van der Waals surface area contributed by atoms with Crippen molar-refractivity contribution in [3.63, 3.8) is 0 Å². The smallest absolute Gasteiger partial charge is 0.350 e. The third-order valence-corrected chi connectivity index (χ3v) is 5.59. The minimum Gasteiger partial charge on any atom is -0.493 e. The first-order valence-electron chi connectivity index (χ1n) is 7.62. The maximum atomic E-state index is 12.7. The van der Waals surface area contributed by atoms with Crippen LogP contribution in [0, 0.1) is 0 Å². The second-order valence-corrected chi connectivity index (χ2v) is 7.81. The number of aromatic nitrogens is 2. The molecule has 0 aliphatic rings. The van der Waals surface area contributed by atoms with E-state index in [1.54, 1.807) is 12.1 Å². The maximum absolute atomic E-state index is 12.7. The zero-order valence-corrected chi connectivity index (χ0v) is 15.5. The fraction of sp³-hybridized carbons (Fsp3) is 0.0588. The molecular formula is C17H14ClN3O5S. The topological polar surface area (TPSA) is 110 Å². The third-order valence-electron chi connectivity index (χ3n) is 3.65. The summed E-state index contributed by atoms with van der Waals surface area (Å²) in [5.41, 5.74) is -0.138. The van der Waals surface area contributed by atoms with Crippen LogP contribution < -0.4 is 11.0 Å². The monoisotopic (exact) mass is 407 g/mol. The van der Waals surface area contributed by atoms with Gasteiger partial charge in [-0.3, -0.25) is 9.36 Å². The number of anilines is 1. The number of aromatic hydroxyl groups is 1. The molecule has 1 heterocycles. The molecule has 27 heavy (non-hydrogen) atoms. The molecule has 2 N–H and O–H groups in total. The molecule has 8 nitrogen and oxygen atoms in total. The number of rotatable bonds is 4. The molecule has 3 rings (SSSR count). The lowest BCUT2D eigenvalue weighted by molar-refractivity contribution is -0.114. The summed E-state index contributed by atoms with van der Waals surface area (Å²) in [7, 11) is -4.31. The van der Waals surface area contributed by atoms with Gasteiger partial charge in [0, 0.05) is 17.6 Å². The summed E-state index contributed by atoms with van der Waals surface area (Å²) in [6.07, 6.45) is 1.00. The van der Waals surface area contributed by atoms with Crippen LogP contribution in [0.25, 0.3) is 5.69 Å². The van der Waals surface area contributed by atoms with E-state index >= 15 is 0 Å². The number of benzene rings is 2. The van der Waals surface area contributed by atoms with Crippen molar-refractivity contribution in [3.8, 4) is 11.6 Å². The third kappa shape index (κ3) is 3.60. The second-order valence-electron chi connectivity index (χ2n) is 5.59. The first-order valence-corrected chi connectivity index (χ1v) is 9.44. The summed E-state index contributed by atoms with van der Waals surface area (Å²) in [5.74, 6) is -0.987. The van der Waals surface area contributed by atoms with Crippen LogP contribution in [0.4, 0.5) is 5.69 Å². The predicted molar refractivity (Wildman–Crippen MR) is 100 cm³/mol. The Hall–Kier alpha value is -3.04. The zero-order valence-electron chi connectivity index (χ0n) is 14.0. The first-order chi connectivity index (χ1) is 12.7. The molecule has 10 heteroatoms. The number of hydrogen-bond donors (Lipinski definition) is 2. The van der Waals surface area contributed by atoms with E-state index in [9.17, 15) is 23.1 Å². The number of carbonyl (C=O) groups is 1. The largest absolute Gasteiger partial charge is 0.493 e. The van der Waals surface area contributed by atoms with Crippen LogP contribution in [0.5, 0.6) is 5.88 Å². The molecule has 0 radical (unpaired) electrons. The van der Waals surface area contributed by atoms with Gasteiger partial charge in [-0.05, 0) is 48.5 Å². The van der Waals surface area contributed by atoms with Gasteiger partial charge in [0.1, 0.15) is 0 Å². The van der Waals surface area contributed by atoms with Gasteiger partial charge in [-0.15, -0.1) is 3.97 Å². The number of nitrogens with one attached hydrogen (secondary N) is 1. The van der Waals surface area contributed by atoms with E-state index in [0.717, 1.165) is 10.8 Å². The fourth-order valence-corrected chi connectivity index (χ4v) is 3.85. The molecule has 0 saturated heterocycles. The minimum absolute atomic E-state index is 0.192. The quantitative estimate of drug-likeness (QED) is 0.688. The zero-order chi connectivity index (χ0) is 19.8. The summed E-state index contributed by atoms with van der Waals surface area (Å²) in [6.45, 7) is 1.36. The van der Waals surface area contributed by atoms with Crippen molar-refractivity contribution in [2.45, 2.75) is 11.8 Å². The van der Waals surface area contributed by atoms with E-state index in [1.807, 2.05) is 0 Å². The number of amides is 1. The van der Waals surface area contributed by atoms with Gasteiger partial charge in [0.05, 0.1) is 16.8 Å². The van der Waals surface area contributed by atoms with Crippen molar-refractivity contribution < 1.29 is 18.3 Å². The number of carbonyl (C=O) groups excluding carboxylic acids is 1. The number of hydrogen-bond acceptors (Lipinski definition) is 5. The van der Waals surface area contributed by atoms with Gasteiger partial charge in [-0.2, -0.15) is 0 Å². The Bertz CT molecular complexity index is 1160.